The average molecular weight is 424 g/mol. The molecule has 0 unspecified atom stereocenters. The Labute approximate surface area is 180 Å². The van der Waals surface area contributed by atoms with E-state index in [1.807, 2.05) is 12.1 Å². The maximum Gasteiger partial charge on any atom is 0.287 e. The highest BCUT2D eigenvalue weighted by Crippen LogP contribution is 2.60. The summed E-state index contributed by atoms with van der Waals surface area (Å²) in [6.45, 7) is 0. The molecule has 1 aromatic heterocycles. The molecule has 4 aliphatic carbocycles. The second kappa shape index (κ2) is 7.69. The largest absolute Gasteiger partial charge is 0.325 e. The van der Waals surface area contributed by atoms with Crippen LogP contribution < -0.4 is 5.32 Å². The minimum atomic E-state index is -0.485. The molecule has 0 atom stereocenters. The number of nitrogens with one attached hydrogen (secondary N) is 1. The molecule has 2 aromatic rings. The number of hydrogen-bond donors (Lipinski definition) is 1. The molecule has 6 nitrogen and oxygen atoms in total. The third-order valence-corrected chi connectivity index (χ3v) is 8.05. The van der Waals surface area contributed by atoms with Gasteiger partial charge in [0.05, 0.1) is 15.7 Å². The van der Waals surface area contributed by atoms with Crippen LogP contribution in [0.3, 0.4) is 0 Å². The number of anilines is 1. The molecule has 4 aliphatic rings. The van der Waals surface area contributed by atoms with Gasteiger partial charge in [-0.1, -0.05) is 23.9 Å². The number of hydrogen-bond acceptors (Lipinski definition) is 5. The van der Waals surface area contributed by atoms with Gasteiger partial charge in [-0.3, -0.25) is 14.9 Å². The average Bonchev–Trinajstić information content (AvgIpc) is 2.72. The van der Waals surface area contributed by atoms with Gasteiger partial charge in [0.2, 0.25) is 5.91 Å². The molecule has 4 bridgehead atoms. The first-order valence-electron chi connectivity index (χ1n) is 10.6. The third kappa shape index (κ3) is 3.83. The number of aromatic nitrogens is 1. The van der Waals surface area contributed by atoms with E-state index in [9.17, 15) is 14.9 Å². The van der Waals surface area contributed by atoms with Crippen LogP contribution in [-0.4, -0.2) is 21.6 Å². The van der Waals surface area contributed by atoms with Crippen LogP contribution in [0.5, 0.6) is 0 Å². The van der Waals surface area contributed by atoms with Crippen molar-refractivity contribution in [3.63, 3.8) is 0 Å². The fourth-order valence-corrected chi connectivity index (χ4v) is 6.92. The van der Waals surface area contributed by atoms with Crippen molar-refractivity contribution in [2.45, 2.75) is 49.0 Å². The number of nitrogens with zero attached hydrogens (tertiary/aromatic N) is 2. The molecule has 1 amide bonds. The van der Waals surface area contributed by atoms with E-state index in [4.69, 9.17) is 0 Å². The van der Waals surface area contributed by atoms with Crippen molar-refractivity contribution in [3.8, 4) is 0 Å². The van der Waals surface area contributed by atoms with Gasteiger partial charge in [-0.25, -0.2) is 4.98 Å². The number of pyridine rings is 1. The Kier molecular flexibility index (Phi) is 5.01. The maximum atomic E-state index is 12.3. The van der Waals surface area contributed by atoms with Crippen LogP contribution in [0.1, 0.15) is 44.1 Å². The number of rotatable bonds is 6. The van der Waals surface area contributed by atoms with Gasteiger partial charge in [-0.15, -0.1) is 0 Å². The molecule has 6 rings (SSSR count). The molecular formula is C23H25N3O3S. The molecule has 0 radical (unpaired) electrons. The van der Waals surface area contributed by atoms with Crippen molar-refractivity contribution >= 4 is 29.0 Å². The van der Waals surface area contributed by atoms with E-state index < -0.39 is 4.92 Å². The van der Waals surface area contributed by atoms with Crippen molar-refractivity contribution < 1.29 is 9.72 Å². The van der Waals surface area contributed by atoms with Crippen LogP contribution in [0.2, 0.25) is 0 Å². The van der Waals surface area contributed by atoms with Crippen molar-refractivity contribution in [3.05, 3.63) is 58.3 Å². The van der Waals surface area contributed by atoms with Gasteiger partial charge in [0.15, 0.2) is 0 Å². The minimum absolute atomic E-state index is 0.0529. The van der Waals surface area contributed by atoms with Gasteiger partial charge in [0.25, 0.3) is 5.69 Å². The summed E-state index contributed by atoms with van der Waals surface area (Å²) in [5.41, 5.74) is 2.58. The van der Waals surface area contributed by atoms with Crippen molar-refractivity contribution in [1.29, 1.82) is 0 Å². The van der Waals surface area contributed by atoms with Crippen LogP contribution in [0.15, 0.2) is 47.6 Å². The molecule has 0 spiro atoms. The van der Waals surface area contributed by atoms with Crippen LogP contribution in [0.4, 0.5) is 11.4 Å². The van der Waals surface area contributed by atoms with Gasteiger partial charge in [0, 0.05) is 11.8 Å². The first-order valence-corrected chi connectivity index (χ1v) is 11.6. The number of carbonyl (C=O) groups excluding carboxylic acids is 1. The first kappa shape index (κ1) is 19.5. The summed E-state index contributed by atoms with van der Waals surface area (Å²) in [5, 5.41) is 14.2. The Morgan fingerprint density at radius 3 is 2.23 bits per heavy atom. The van der Waals surface area contributed by atoms with E-state index in [1.54, 1.807) is 6.07 Å². The van der Waals surface area contributed by atoms with Crippen molar-refractivity contribution in [1.82, 2.24) is 4.98 Å². The van der Waals surface area contributed by atoms with Crippen molar-refractivity contribution in [2.75, 3.05) is 11.1 Å². The highest BCUT2D eigenvalue weighted by Gasteiger charge is 2.51. The van der Waals surface area contributed by atoms with Gasteiger partial charge in [-0.2, -0.15) is 0 Å². The molecular weight excluding hydrogens is 398 g/mol. The van der Waals surface area contributed by atoms with Gasteiger partial charge in [0.1, 0.15) is 6.20 Å². The SMILES string of the molecule is O=C(CSc1ccc([N+](=O)[O-])cn1)Nc1ccc(C23CC4CC(CC(C4)C2)C3)cc1. The molecule has 4 fully saturated rings. The Balaban J connectivity index is 1.18. The summed E-state index contributed by atoms with van der Waals surface area (Å²) < 4.78 is 0. The Morgan fingerprint density at radius 1 is 1.07 bits per heavy atom. The molecule has 156 valence electrons. The third-order valence-electron chi connectivity index (χ3n) is 7.10. The normalized spacial score (nSPS) is 29.0. The summed E-state index contributed by atoms with van der Waals surface area (Å²) in [7, 11) is 0. The fraction of sp³-hybridized carbons (Fsp3) is 0.478. The van der Waals surface area contributed by atoms with Gasteiger partial charge in [-0.05, 0) is 85.5 Å². The predicted octanol–water partition coefficient (Wildman–Crippen LogP) is 5.19. The lowest BCUT2D eigenvalue weighted by molar-refractivity contribution is -0.385. The van der Waals surface area contributed by atoms with Crippen LogP contribution >= 0.6 is 11.8 Å². The van der Waals surface area contributed by atoms with E-state index in [0.29, 0.717) is 10.4 Å². The second-order valence-electron chi connectivity index (χ2n) is 9.22. The summed E-state index contributed by atoms with van der Waals surface area (Å²) in [4.78, 5) is 26.5. The van der Waals surface area contributed by atoms with E-state index in [0.717, 1.165) is 23.4 Å². The van der Waals surface area contributed by atoms with E-state index in [1.165, 1.54) is 68.1 Å². The minimum Gasteiger partial charge on any atom is -0.325 e. The lowest BCUT2D eigenvalue weighted by Gasteiger charge is -2.57. The summed E-state index contributed by atoms with van der Waals surface area (Å²) >= 11 is 1.26. The lowest BCUT2D eigenvalue weighted by atomic mass is 9.48. The molecule has 4 saturated carbocycles. The molecule has 0 saturated heterocycles. The van der Waals surface area contributed by atoms with E-state index in [2.05, 4.69) is 22.4 Å². The number of thioether (sulfide) groups is 1. The van der Waals surface area contributed by atoms with Crippen LogP contribution in [0, 0.1) is 27.9 Å². The fourth-order valence-electron chi connectivity index (χ4n) is 6.27. The van der Waals surface area contributed by atoms with Crippen LogP contribution in [0.25, 0.3) is 0 Å². The molecule has 7 heteroatoms. The molecule has 1 aromatic carbocycles. The molecule has 0 aliphatic heterocycles. The Hall–Kier alpha value is -2.41. The topological polar surface area (TPSA) is 85.1 Å². The number of nitro groups is 1. The maximum absolute atomic E-state index is 12.3. The zero-order chi connectivity index (χ0) is 20.7. The molecule has 1 heterocycles. The zero-order valence-electron chi connectivity index (χ0n) is 16.8. The Bertz CT molecular complexity index is 923. The van der Waals surface area contributed by atoms with Gasteiger partial charge < -0.3 is 5.32 Å². The molecule has 30 heavy (non-hydrogen) atoms. The Morgan fingerprint density at radius 2 is 1.70 bits per heavy atom. The number of amides is 1. The van der Waals surface area contributed by atoms with E-state index in [-0.39, 0.29) is 17.3 Å². The summed E-state index contributed by atoms with van der Waals surface area (Å²) in [6, 6.07) is 11.5. The lowest BCUT2D eigenvalue weighted by Crippen LogP contribution is -2.48. The monoisotopic (exact) mass is 423 g/mol. The summed E-state index contributed by atoms with van der Waals surface area (Å²) in [5.74, 6) is 2.85. The van der Waals surface area contributed by atoms with Crippen molar-refractivity contribution in [2.24, 2.45) is 17.8 Å². The van der Waals surface area contributed by atoms with Crippen LogP contribution in [-0.2, 0) is 10.2 Å². The summed E-state index contributed by atoms with van der Waals surface area (Å²) in [6.07, 6.45) is 9.54. The second-order valence-corrected chi connectivity index (χ2v) is 10.2. The smallest absolute Gasteiger partial charge is 0.287 e. The first-order chi connectivity index (χ1) is 14.5. The van der Waals surface area contributed by atoms with E-state index >= 15 is 0 Å². The highest BCUT2D eigenvalue weighted by atomic mass is 32.2. The number of benzene rings is 1. The standard InChI is InChI=1S/C23H25N3O3S/c27-21(14-30-22-6-5-20(13-24-22)26(28)29)25-19-3-1-18(2-4-19)23-10-15-7-16(11-23)9-17(8-15)12-23/h1-6,13,15-17H,7-12,14H2,(H,25,27). The van der Waals surface area contributed by atoms with Gasteiger partial charge >= 0.3 is 0 Å². The highest BCUT2D eigenvalue weighted by molar-refractivity contribution is 7.99. The predicted molar refractivity (Wildman–Crippen MR) is 117 cm³/mol. The molecule has 1 N–H and O–H groups in total. The quantitative estimate of drug-likeness (QED) is 0.393. The zero-order valence-corrected chi connectivity index (χ0v) is 17.6. The number of carbonyl (C=O) groups is 1.